The molecule has 0 spiro atoms. The summed E-state index contributed by atoms with van der Waals surface area (Å²) in [5.74, 6) is -2.16. The second-order valence-corrected chi connectivity index (χ2v) is 6.18. The number of nitrogens with one attached hydrogen (secondary N) is 2. The van der Waals surface area contributed by atoms with Gasteiger partial charge in [0.2, 0.25) is 0 Å². The van der Waals surface area contributed by atoms with Gasteiger partial charge in [-0.3, -0.25) is 9.59 Å². The van der Waals surface area contributed by atoms with E-state index in [1.807, 2.05) is 18.2 Å². The molecule has 1 aromatic carbocycles. The zero-order valence-corrected chi connectivity index (χ0v) is 12.3. The molecule has 0 radical (unpaired) electrons. The Labute approximate surface area is 132 Å². The number of benzene rings is 1. The molecular formula is C16H16N2O5. The van der Waals surface area contributed by atoms with Crippen LogP contribution >= 0.6 is 0 Å². The van der Waals surface area contributed by atoms with E-state index < -0.39 is 29.4 Å². The van der Waals surface area contributed by atoms with Crippen molar-refractivity contribution in [2.75, 3.05) is 11.9 Å². The molecule has 23 heavy (non-hydrogen) atoms. The Bertz CT molecular complexity index is 676. The fourth-order valence-corrected chi connectivity index (χ4v) is 3.88. The van der Waals surface area contributed by atoms with Crippen LogP contribution in [0.5, 0.6) is 0 Å². The van der Waals surface area contributed by atoms with Gasteiger partial charge in [0.25, 0.3) is 0 Å². The largest absolute Gasteiger partial charge is 0.393 e. The summed E-state index contributed by atoms with van der Waals surface area (Å²) in [6, 6.07) is 8.67. The van der Waals surface area contributed by atoms with E-state index in [0.717, 1.165) is 0 Å². The number of esters is 2. The number of hydrogen-bond donors (Lipinski definition) is 2. The van der Waals surface area contributed by atoms with Gasteiger partial charge in [-0.25, -0.2) is 4.79 Å². The molecule has 1 aromatic rings. The van der Waals surface area contributed by atoms with Gasteiger partial charge in [-0.1, -0.05) is 18.2 Å². The summed E-state index contributed by atoms with van der Waals surface area (Å²) < 4.78 is 10.7. The topological polar surface area (TPSA) is 93.7 Å². The zero-order valence-electron chi connectivity index (χ0n) is 12.3. The molecule has 120 valence electrons. The second kappa shape index (κ2) is 5.06. The van der Waals surface area contributed by atoms with Crippen LogP contribution in [0.15, 0.2) is 30.3 Å². The predicted octanol–water partition coefficient (Wildman–Crippen LogP) is 1.06. The fraction of sp³-hybridized carbons (Fsp3) is 0.438. The van der Waals surface area contributed by atoms with Crippen molar-refractivity contribution in [1.82, 2.24) is 5.32 Å². The number of carbonyl (C=O) groups excluding carboxylic acids is 3. The van der Waals surface area contributed by atoms with E-state index >= 15 is 0 Å². The second-order valence-electron chi connectivity index (χ2n) is 6.18. The molecule has 0 unspecified atom stereocenters. The quantitative estimate of drug-likeness (QED) is 0.642. The average molecular weight is 316 g/mol. The Morgan fingerprint density at radius 2 is 2.00 bits per heavy atom. The van der Waals surface area contributed by atoms with Crippen molar-refractivity contribution in [2.24, 2.45) is 11.8 Å². The molecule has 2 amide bonds. The lowest BCUT2D eigenvalue weighted by Crippen LogP contribution is -2.49. The Morgan fingerprint density at radius 3 is 2.78 bits per heavy atom. The molecule has 3 aliphatic rings. The number of hydrogen-bond acceptors (Lipinski definition) is 5. The van der Waals surface area contributed by atoms with Gasteiger partial charge in [0.1, 0.15) is 11.5 Å². The van der Waals surface area contributed by atoms with Crippen LogP contribution in [0.1, 0.15) is 12.8 Å². The number of rotatable bonds is 3. The summed E-state index contributed by atoms with van der Waals surface area (Å²) in [6.07, 6.45) is 1.05. The normalized spacial score (nSPS) is 34.2. The molecule has 0 aliphatic carbocycles. The number of cyclic esters (lactones) is 2. The first-order valence-corrected chi connectivity index (χ1v) is 7.62. The highest BCUT2D eigenvalue weighted by Gasteiger charge is 2.68. The number of urea groups is 1. The molecule has 4 atom stereocenters. The lowest BCUT2D eigenvalue weighted by Gasteiger charge is -2.29. The first-order chi connectivity index (χ1) is 11.1. The number of para-hydroxylation sites is 1. The number of fused-ring (bicyclic) bond motifs is 5. The van der Waals surface area contributed by atoms with Gasteiger partial charge in [0.15, 0.2) is 0 Å². The van der Waals surface area contributed by atoms with Crippen molar-refractivity contribution < 1.29 is 23.9 Å². The number of ether oxygens (including phenoxy) is 2. The van der Waals surface area contributed by atoms with Gasteiger partial charge >= 0.3 is 18.0 Å². The third-order valence-corrected chi connectivity index (χ3v) is 4.87. The van der Waals surface area contributed by atoms with Crippen LogP contribution < -0.4 is 10.6 Å². The summed E-state index contributed by atoms with van der Waals surface area (Å²) in [5.41, 5.74) is -0.153. The van der Waals surface area contributed by atoms with Gasteiger partial charge in [-0.05, 0) is 25.0 Å². The van der Waals surface area contributed by atoms with E-state index in [9.17, 15) is 14.4 Å². The van der Waals surface area contributed by atoms with Crippen molar-refractivity contribution in [2.45, 2.75) is 24.5 Å². The minimum atomic E-state index is -0.827. The third kappa shape index (κ3) is 2.19. The van der Waals surface area contributed by atoms with Gasteiger partial charge in [-0.2, -0.15) is 0 Å². The van der Waals surface area contributed by atoms with Gasteiger partial charge in [0, 0.05) is 12.2 Å². The van der Waals surface area contributed by atoms with Crippen molar-refractivity contribution in [3.63, 3.8) is 0 Å². The molecule has 0 saturated carbocycles. The smallest absolute Gasteiger partial charge is 0.320 e. The van der Waals surface area contributed by atoms with E-state index in [4.69, 9.17) is 9.47 Å². The molecule has 4 rings (SSSR count). The molecule has 0 aromatic heterocycles. The van der Waals surface area contributed by atoms with Crippen LogP contribution in [0.25, 0.3) is 0 Å². The minimum absolute atomic E-state index is 0.172. The lowest BCUT2D eigenvalue weighted by molar-refractivity contribution is -0.158. The number of carbonyl (C=O) groups is 3. The highest BCUT2D eigenvalue weighted by atomic mass is 16.6. The first kappa shape index (κ1) is 14.2. The van der Waals surface area contributed by atoms with Crippen LogP contribution in [-0.4, -0.2) is 36.2 Å². The van der Waals surface area contributed by atoms with Crippen molar-refractivity contribution in [3.05, 3.63) is 30.3 Å². The Balaban J connectivity index is 1.43. The Morgan fingerprint density at radius 1 is 1.22 bits per heavy atom. The van der Waals surface area contributed by atoms with Crippen LogP contribution in [0.3, 0.4) is 0 Å². The molecule has 7 heteroatoms. The molecule has 3 heterocycles. The van der Waals surface area contributed by atoms with Crippen LogP contribution in [0.2, 0.25) is 0 Å². The number of anilines is 1. The maximum atomic E-state index is 12.0. The van der Waals surface area contributed by atoms with Crippen LogP contribution in [0.4, 0.5) is 10.5 Å². The highest BCUT2D eigenvalue weighted by Crippen LogP contribution is 2.54. The lowest BCUT2D eigenvalue weighted by atomic mass is 9.73. The van der Waals surface area contributed by atoms with E-state index in [-0.39, 0.29) is 18.7 Å². The molecule has 2 N–H and O–H groups in total. The van der Waals surface area contributed by atoms with Crippen LogP contribution in [0, 0.1) is 11.8 Å². The fourth-order valence-electron chi connectivity index (χ4n) is 3.88. The SMILES string of the molecule is O=C(NC[C@]12CC[C@H](O1)[C@H]1C(=O)OC(=O)[C@H]12)Nc1ccccc1. The number of amides is 2. The van der Waals surface area contributed by atoms with E-state index in [1.165, 1.54) is 0 Å². The third-order valence-electron chi connectivity index (χ3n) is 4.87. The summed E-state index contributed by atoms with van der Waals surface area (Å²) >= 11 is 0. The van der Waals surface area contributed by atoms with Gasteiger partial charge < -0.3 is 20.1 Å². The molecule has 2 bridgehead atoms. The summed E-state index contributed by atoms with van der Waals surface area (Å²) in [5, 5.41) is 5.46. The van der Waals surface area contributed by atoms with E-state index in [1.54, 1.807) is 12.1 Å². The van der Waals surface area contributed by atoms with Crippen molar-refractivity contribution in [3.8, 4) is 0 Å². The summed E-state index contributed by atoms with van der Waals surface area (Å²) in [4.78, 5) is 35.7. The zero-order chi connectivity index (χ0) is 16.0. The minimum Gasteiger partial charge on any atom is -0.393 e. The van der Waals surface area contributed by atoms with E-state index in [0.29, 0.717) is 18.5 Å². The molecular weight excluding hydrogens is 300 g/mol. The monoisotopic (exact) mass is 316 g/mol. The Kier molecular flexibility index (Phi) is 3.12. The standard InChI is InChI=1S/C16H16N2O5/c19-13-11-10-6-7-16(23-10,12(11)14(20)22-13)8-17-15(21)18-9-4-2-1-3-5-9/h1-5,10-12H,6-8H2,(H2,17,18,21)/t10-,11+,12-,16-/m0/s1. The maximum Gasteiger partial charge on any atom is 0.320 e. The van der Waals surface area contributed by atoms with Crippen LogP contribution in [-0.2, 0) is 19.1 Å². The molecule has 7 nitrogen and oxygen atoms in total. The van der Waals surface area contributed by atoms with Gasteiger partial charge in [-0.15, -0.1) is 0 Å². The van der Waals surface area contributed by atoms with Gasteiger partial charge in [0.05, 0.1) is 12.0 Å². The highest BCUT2D eigenvalue weighted by molar-refractivity contribution is 5.98. The van der Waals surface area contributed by atoms with Crippen molar-refractivity contribution >= 4 is 23.7 Å². The van der Waals surface area contributed by atoms with E-state index in [2.05, 4.69) is 10.6 Å². The summed E-state index contributed by atoms with van der Waals surface area (Å²) in [7, 11) is 0. The molecule has 3 fully saturated rings. The average Bonchev–Trinajstić information content (AvgIpc) is 3.18. The predicted molar refractivity (Wildman–Crippen MR) is 78.4 cm³/mol. The molecule has 3 aliphatic heterocycles. The summed E-state index contributed by atoms with van der Waals surface area (Å²) in [6.45, 7) is 0.172. The van der Waals surface area contributed by atoms with Crippen molar-refractivity contribution in [1.29, 1.82) is 0 Å². The maximum absolute atomic E-state index is 12.0. The Hall–Kier alpha value is -2.41. The first-order valence-electron chi connectivity index (χ1n) is 7.62. The molecule has 3 saturated heterocycles.